The third-order valence-corrected chi connectivity index (χ3v) is 3.53. The van der Waals surface area contributed by atoms with Gasteiger partial charge in [-0.1, -0.05) is 26.7 Å². The summed E-state index contributed by atoms with van der Waals surface area (Å²) in [6, 6.07) is -0.464. The third kappa shape index (κ3) is 2.33. The molecule has 1 N–H and O–H groups in total. The van der Waals surface area contributed by atoms with Gasteiger partial charge in [-0.2, -0.15) is 0 Å². The van der Waals surface area contributed by atoms with Gasteiger partial charge in [0.15, 0.2) is 5.84 Å². The normalized spacial score (nSPS) is 25.6. The standard InChI is InChI=1S/C13H20N4O3/c1-9(2)6-4-5-7-17-11(18)13(20)10(14-8-15-13)16(3)12(17)19/h8-9,20H,4-7H2,1-3H3. The van der Waals surface area contributed by atoms with E-state index < -0.39 is 17.7 Å². The van der Waals surface area contributed by atoms with E-state index in [0.717, 1.165) is 30.5 Å². The Morgan fingerprint density at radius 1 is 1.35 bits per heavy atom. The molecule has 0 radical (unpaired) electrons. The first-order valence-electron chi connectivity index (χ1n) is 6.82. The van der Waals surface area contributed by atoms with Crippen LogP contribution in [0.3, 0.4) is 0 Å². The fourth-order valence-corrected chi connectivity index (χ4v) is 2.35. The van der Waals surface area contributed by atoms with Crippen LogP contribution in [0.4, 0.5) is 4.79 Å². The molecule has 0 spiro atoms. The maximum absolute atomic E-state index is 12.2. The quantitative estimate of drug-likeness (QED) is 0.757. The molecule has 0 aromatic heterocycles. The predicted molar refractivity (Wildman–Crippen MR) is 74.4 cm³/mol. The Balaban J connectivity index is 2.06. The molecule has 1 unspecified atom stereocenters. The van der Waals surface area contributed by atoms with Crippen LogP contribution in [-0.2, 0) is 4.79 Å². The zero-order valence-electron chi connectivity index (χ0n) is 12.0. The summed E-state index contributed by atoms with van der Waals surface area (Å²) in [5.74, 6) is -0.142. The van der Waals surface area contributed by atoms with Crippen LogP contribution in [0.25, 0.3) is 0 Å². The summed E-state index contributed by atoms with van der Waals surface area (Å²) in [6.07, 6.45) is 3.80. The van der Waals surface area contributed by atoms with E-state index in [0.29, 0.717) is 12.5 Å². The summed E-state index contributed by atoms with van der Waals surface area (Å²) >= 11 is 0. The lowest BCUT2D eigenvalue weighted by Gasteiger charge is -2.38. The fourth-order valence-electron chi connectivity index (χ4n) is 2.35. The van der Waals surface area contributed by atoms with Crippen molar-refractivity contribution in [1.29, 1.82) is 0 Å². The molecule has 2 heterocycles. The molecule has 0 aromatic carbocycles. The summed E-state index contributed by atoms with van der Waals surface area (Å²) < 4.78 is 0. The SMILES string of the molecule is CC(C)CCCCN1C(=O)N(C)C2=NC=NC2(O)C1=O. The van der Waals surface area contributed by atoms with Crippen molar-refractivity contribution in [2.45, 2.75) is 38.8 Å². The molecule has 1 saturated heterocycles. The smallest absolute Gasteiger partial charge is 0.332 e. The molecule has 0 saturated carbocycles. The van der Waals surface area contributed by atoms with Crippen molar-refractivity contribution in [3.8, 4) is 0 Å². The minimum atomic E-state index is -2.03. The number of nitrogens with zero attached hydrogens (tertiary/aromatic N) is 4. The molecule has 0 aromatic rings. The van der Waals surface area contributed by atoms with Gasteiger partial charge in [-0.15, -0.1) is 0 Å². The highest BCUT2D eigenvalue weighted by Crippen LogP contribution is 2.26. The number of rotatable bonds is 5. The van der Waals surface area contributed by atoms with Gasteiger partial charge in [-0.05, 0) is 12.3 Å². The number of fused-ring (bicyclic) bond motifs is 1. The molecule has 7 heteroatoms. The summed E-state index contributed by atoms with van der Waals surface area (Å²) in [5, 5.41) is 10.3. The minimum absolute atomic E-state index is 0.0223. The third-order valence-electron chi connectivity index (χ3n) is 3.53. The average molecular weight is 280 g/mol. The van der Waals surface area contributed by atoms with E-state index in [1.165, 1.54) is 11.9 Å². The number of likely N-dealkylation sites (N-methyl/N-ethyl adjacent to an activating group) is 1. The largest absolute Gasteiger partial charge is 0.356 e. The van der Waals surface area contributed by atoms with E-state index in [-0.39, 0.29) is 5.84 Å². The molecular formula is C13H20N4O3. The van der Waals surface area contributed by atoms with Crippen molar-refractivity contribution in [1.82, 2.24) is 9.80 Å². The molecule has 110 valence electrons. The van der Waals surface area contributed by atoms with Gasteiger partial charge in [-0.25, -0.2) is 14.8 Å². The second-order valence-corrected chi connectivity index (χ2v) is 5.56. The molecule has 0 bridgehead atoms. The molecule has 1 fully saturated rings. The summed E-state index contributed by atoms with van der Waals surface area (Å²) in [7, 11) is 1.48. The molecule has 20 heavy (non-hydrogen) atoms. The van der Waals surface area contributed by atoms with E-state index in [1.54, 1.807) is 0 Å². The summed E-state index contributed by atoms with van der Waals surface area (Å²) in [6.45, 7) is 4.55. The van der Waals surface area contributed by atoms with E-state index >= 15 is 0 Å². The fraction of sp³-hybridized carbons (Fsp3) is 0.692. The number of carbonyl (C=O) groups excluding carboxylic acids is 2. The number of imide groups is 1. The van der Waals surface area contributed by atoms with Crippen LogP contribution >= 0.6 is 0 Å². The molecule has 2 rings (SSSR count). The first kappa shape index (κ1) is 14.6. The molecule has 2 aliphatic rings. The van der Waals surface area contributed by atoms with Crippen molar-refractivity contribution < 1.29 is 14.7 Å². The topological polar surface area (TPSA) is 85.6 Å². The molecule has 1 atom stereocenters. The predicted octanol–water partition coefficient (Wildman–Crippen LogP) is 0.836. The van der Waals surface area contributed by atoms with Crippen molar-refractivity contribution in [2.24, 2.45) is 15.9 Å². The Morgan fingerprint density at radius 2 is 2.05 bits per heavy atom. The van der Waals surface area contributed by atoms with Crippen LogP contribution in [0.5, 0.6) is 0 Å². The highest BCUT2D eigenvalue weighted by Gasteiger charge is 2.55. The Kier molecular flexibility index (Phi) is 3.89. The maximum Gasteiger partial charge on any atom is 0.332 e. The maximum atomic E-state index is 12.2. The van der Waals surface area contributed by atoms with E-state index in [4.69, 9.17) is 0 Å². The van der Waals surface area contributed by atoms with Gasteiger partial charge in [0.25, 0.3) is 11.6 Å². The number of aliphatic hydroxyl groups is 1. The Morgan fingerprint density at radius 3 is 2.70 bits per heavy atom. The Hall–Kier alpha value is -1.76. The van der Waals surface area contributed by atoms with E-state index in [2.05, 4.69) is 23.8 Å². The monoisotopic (exact) mass is 280 g/mol. The molecule has 7 nitrogen and oxygen atoms in total. The van der Waals surface area contributed by atoms with Crippen LogP contribution in [0.15, 0.2) is 9.98 Å². The number of urea groups is 1. The van der Waals surface area contributed by atoms with Crippen LogP contribution < -0.4 is 0 Å². The van der Waals surface area contributed by atoms with Gasteiger partial charge in [0.1, 0.15) is 6.34 Å². The first-order chi connectivity index (χ1) is 9.38. The highest BCUT2D eigenvalue weighted by molar-refractivity contribution is 6.25. The molecule has 3 amide bonds. The zero-order valence-corrected chi connectivity index (χ0v) is 12.0. The number of hydrogen-bond donors (Lipinski definition) is 1. The number of unbranched alkanes of at least 4 members (excludes halogenated alkanes) is 1. The van der Waals surface area contributed by atoms with Crippen LogP contribution in [0.2, 0.25) is 0 Å². The Labute approximate surface area is 118 Å². The second kappa shape index (κ2) is 5.32. The van der Waals surface area contributed by atoms with Crippen LogP contribution in [-0.4, -0.2) is 58.3 Å². The summed E-state index contributed by atoms with van der Waals surface area (Å²) in [4.78, 5) is 34.1. The Bertz CT molecular complexity index is 486. The van der Waals surface area contributed by atoms with Crippen molar-refractivity contribution in [3.63, 3.8) is 0 Å². The van der Waals surface area contributed by atoms with Gasteiger partial charge in [0.2, 0.25) is 0 Å². The van der Waals surface area contributed by atoms with Gasteiger partial charge >= 0.3 is 6.03 Å². The molecule has 0 aliphatic carbocycles. The van der Waals surface area contributed by atoms with Crippen molar-refractivity contribution in [2.75, 3.05) is 13.6 Å². The summed E-state index contributed by atoms with van der Waals surface area (Å²) in [5.41, 5.74) is -2.03. The lowest BCUT2D eigenvalue weighted by molar-refractivity contribution is -0.143. The van der Waals surface area contributed by atoms with Gasteiger partial charge in [0, 0.05) is 13.6 Å². The van der Waals surface area contributed by atoms with Crippen molar-refractivity contribution >= 4 is 24.1 Å². The number of carbonyl (C=O) groups is 2. The van der Waals surface area contributed by atoms with E-state index in [9.17, 15) is 14.7 Å². The van der Waals surface area contributed by atoms with Crippen LogP contribution in [0, 0.1) is 5.92 Å². The zero-order chi connectivity index (χ0) is 14.9. The van der Waals surface area contributed by atoms with Gasteiger partial charge < -0.3 is 5.11 Å². The van der Waals surface area contributed by atoms with Crippen LogP contribution in [0.1, 0.15) is 33.1 Å². The molecule has 2 aliphatic heterocycles. The van der Waals surface area contributed by atoms with E-state index in [1.807, 2.05) is 0 Å². The van der Waals surface area contributed by atoms with Gasteiger partial charge in [-0.3, -0.25) is 14.6 Å². The number of aliphatic imine (C=N–C) groups is 2. The molecular weight excluding hydrogens is 260 g/mol. The van der Waals surface area contributed by atoms with Crippen molar-refractivity contribution in [3.05, 3.63) is 0 Å². The minimum Gasteiger partial charge on any atom is -0.356 e. The number of amides is 3. The average Bonchev–Trinajstić information content (AvgIpc) is 2.79. The first-order valence-corrected chi connectivity index (χ1v) is 6.82. The second-order valence-electron chi connectivity index (χ2n) is 5.56. The lowest BCUT2D eigenvalue weighted by atomic mass is 10.1. The number of amidine groups is 1. The number of hydrogen-bond acceptors (Lipinski definition) is 5. The highest BCUT2D eigenvalue weighted by atomic mass is 16.3. The van der Waals surface area contributed by atoms with Gasteiger partial charge in [0.05, 0.1) is 0 Å². The lowest BCUT2D eigenvalue weighted by Crippen LogP contribution is -2.66.